The Morgan fingerprint density at radius 1 is 1.38 bits per heavy atom. The van der Waals surface area contributed by atoms with Gasteiger partial charge in [-0.2, -0.15) is 0 Å². The van der Waals surface area contributed by atoms with Crippen molar-refractivity contribution in [3.8, 4) is 11.3 Å². The van der Waals surface area contributed by atoms with Crippen molar-refractivity contribution in [2.45, 2.75) is 0 Å². The van der Waals surface area contributed by atoms with Gasteiger partial charge in [0.1, 0.15) is 0 Å². The van der Waals surface area contributed by atoms with Crippen LogP contribution in [-0.4, -0.2) is 14.8 Å². The second kappa shape index (κ2) is 3.99. The molecular formula is C9H9N2O3PS. The fraction of sp³-hybridized carbons (Fsp3) is 0. The average molecular weight is 256 g/mol. The normalized spacial score (nSPS) is 11.6. The van der Waals surface area contributed by atoms with Crippen molar-refractivity contribution in [2.24, 2.45) is 0 Å². The largest absolute Gasteiger partial charge is 0.375 e. The number of hydrogen-bond acceptors (Lipinski definition) is 4. The van der Waals surface area contributed by atoms with Gasteiger partial charge in [-0.15, -0.1) is 11.3 Å². The predicted molar refractivity (Wildman–Crippen MR) is 63.6 cm³/mol. The number of anilines is 1. The van der Waals surface area contributed by atoms with E-state index in [1.807, 2.05) is 0 Å². The monoisotopic (exact) mass is 256 g/mol. The molecule has 7 heteroatoms. The Morgan fingerprint density at radius 3 is 2.69 bits per heavy atom. The molecule has 0 aliphatic heterocycles. The summed E-state index contributed by atoms with van der Waals surface area (Å²) in [5.74, 6) is 0. The Morgan fingerprint density at radius 2 is 2.12 bits per heavy atom. The standard InChI is InChI=1S/C9H9N2O3PS/c10-9-11-8(5-16-9)6-2-1-3-7(4-6)15(12,13)14/h1-5H,(H2,10,11)(H2,12,13,14). The molecule has 0 fully saturated rings. The quantitative estimate of drug-likeness (QED) is 0.701. The topological polar surface area (TPSA) is 96.4 Å². The highest BCUT2D eigenvalue weighted by molar-refractivity contribution is 7.60. The highest BCUT2D eigenvalue weighted by Crippen LogP contribution is 2.34. The lowest BCUT2D eigenvalue weighted by atomic mass is 10.2. The average Bonchev–Trinajstić information content (AvgIpc) is 2.64. The molecule has 0 amide bonds. The third-order valence-corrected chi connectivity index (χ3v) is 3.62. The molecule has 0 atom stereocenters. The third kappa shape index (κ3) is 2.31. The lowest BCUT2D eigenvalue weighted by Gasteiger charge is -2.04. The summed E-state index contributed by atoms with van der Waals surface area (Å²) in [7, 11) is -4.21. The first kappa shape index (κ1) is 11.3. The first-order valence-corrected chi connectivity index (χ1v) is 6.83. The van der Waals surface area contributed by atoms with E-state index >= 15 is 0 Å². The van der Waals surface area contributed by atoms with E-state index in [2.05, 4.69) is 4.98 Å². The summed E-state index contributed by atoms with van der Waals surface area (Å²) in [5.41, 5.74) is 6.76. The molecule has 0 radical (unpaired) electrons. The number of benzene rings is 1. The molecule has 4 N–H and O–H groups in total. The third-order valence-electron chi connectivity index (χ3n) is 2.00. The minimum absolute atomic E-state index is 0.0171. The molecule has 0 aliphatic rings. The number of nitrogens with zero attached hydrogens (tertiary/aromatic N) is 1. The lowest BCUT2D eigenvalue weighted by molar-refractivity contribution is 0.387. The molecule has 0 saturated carbocycles. The molecule has 0 unspecified atom stereocenters. The Hall–Kier alpha value is -1.20. The van der Waals surface area contributed by atoms with Crippen LogP contribution >= 0.6 is 18.9 Å². The van der Waals surface area contributed by atoms with Crippen LogP contribution in [-0.2, 0) is 4.57 Å². The summed E-state index contributed by atoms with van der Waals surface area (Å²) < 4.78 is 11.1. The molecular weight excluding hydrogens is 247 g/mol. The van der Waals surface area contributed by atoms with Gasteiger partial charge in [0, 0.05) is 10.9 Å². The summed E-state index contributed by atoms with van der Waals surface area (Å²) in [6, 6.07) is 6.13. The molecule has 2 aromatic rings. The number of nitrogens with two attached hydrogens (primary N) is 1. The summed E-state index contributed by atoms with van der Waals surface area (Å²) >= 11 is 1.29. The molecule has 84 valence electrons. The zero-order valence-corrected chi connectivity index (χ0v) is 9.78. The van der Waals surface area contributed by atoms with Crippen LogP contribution in [0, 0.1) is 0 Å². The number of thiazole rings is 1. The second-order valence-electron chi connectivity index (χ2n) is 3.17. The van der Waals surface area contributed by atoms with Crippen molar-refractivity contribution in [1.29, 1.82) is 0 Å². The van der Waals surface area contributed by atoms with E-state index in [-0.39, 0.29) is 5.30 Å². The van der Waals surface area contributed by atoms with E-state index in [0.717, 1.165) is 0 Å². The highest BCUT2D eigenvalue weighted by Gasteiger charge is 2.17. The van der Waals surface area contributed by atoms with Crippen molar-refractivity contribution >= 4 is 29.4 Å². The molecule has 2 rings (SSSR count). The molecule has 1 heterocycles. The maximum atomic E-state index is 11.1. The SMILES string of the molecule is Nc1nc(-c2cccc(P(=O)(O)O)c2)cs1. The van der Waals surface area contributed by atoms with Crippen LogP contribution in [0.1, 0.15) is 0 Å². The van der Waals surface area contributed by atoms with Crippen LogP contribution in [0.3, 0.4) is 0 Å². The van der Waals surface area contributed by atoms with Gasteiger partial charge < -0.3 is 15.5 Å². The van der Waals surface area contributed by atoms with Crippen LogP contribution in [0.25, 0.3) is 11.3 Å². The molecule has 5 nitrogen and oxygen atoms in total. The van der Waals surface area contributed by atoms with E-state index in [4.69, 9.17) is 15.5 Å². The fourth-order valence-corrected chi connectivity index (χ4v) is 2.43. The Kier molecular flexibility index (Phi) is 2.82. The van der Waals surface area contributed by atoms with Crippen molar-refractivity contribution in [2.75, 3.05) is 5.73 Å². The Bertz CT molecular complexity index is 563. The van der Waals surface area contributed by atoms with Crippen LogP contribution in [0.2, 0.25) is 0 Å². The number of rotatable bonds is 2. The van der Waals surface area contributed by atoms with Crippen LogP contribution < -0.4 is 11.0 Å². The summed E-state index contributed by atoms with van der Waals surface area (Å²) in [4.78, 5) is 22.1. The van der Waals surface area contributed by atoms with Crippen LogP contribution in [0.4, 0.5) is 5.13 Å². The highest BCUT2D eigenvalue weighted by atomic mass is 32.1. The Balaban J connectivity index is 2.48. The molecule has 0 bridgehead atoms. The molecule has 1 aromatic heterocycles. The van der Waals surface area contributed by atoms with Crippen molar-refractivity contribution in [3.05, 3.63) is 29.6 Å². The van der Waals surface area contributed by atoms with Gasteiger partial charge in [-0.3, -0.25) is 4.57 Å². The Labute approximate surface area is 95.7 Å². The molecule has 0 spiro atoms. The van der Waals surface area contributed by atoms with Crippen LogP contribution in [0.15, 0.2) is 29.6 Å². The van der Waals surface area contributed by atoms with Gasteiger partial charge in [0.15, 0.2) is 5.13 Å². The van der Waals surface area contributed by atoms with Crippen molar-refractivity contribution < 1.29 is 14.4 Å². The molecule has 0 aliphatic carbocycles. The lowest BCUT2D eigenvalue weighted by Crippen LogP contribution is -2.03. The van der Waals surface area contributed by atoms with Gasteiger partial charge >= 0.3 is 7.60 Å². The van der Waals surface area contributed by atoms with E-state index in [0.29, 0.717) is 16.4 Å². The minimum atomic E-state index is -4.21. The van der Waals surface area contributed by atoms with Gasteiger partial charge in [0.25, 0.3) is 0 Å². The van der Waals surface area contributed by atoms with E-state index in [9.17, 15) is 4.57 Å². The number of aromatic nitrogens is 1. The molecule has 1 aromatic carbocycles. The smallest absolute Gasteiger partial charge is 0.356 e. The second-order valence-corrected chi connectivity index (χ2v) is 5.66. The summed E-state index contributed by atoms with van der Waals surface area (Å²) in [6.45, 7) is 0. The van der Waals surface area contributed by atoms with Gasteiger partial charge in [-0.25, -0.2) is 4.98 Å². The first-order valence-electron chi connectivity index (χ1n) is 4.34. The minimum Gasteiger partial charge on any atom is -0.375 e. The van der Waals surface area contributed by atoms with Crippen LogP contribution in [0.5, 0.6) is 0 Å². The molecule has 16 heavy (non-hydrogen) atoms. The van der Waals surface area contributed by atoms with Gasteiger partial charge in [0.05, 0.1) is 11.0 Å². The predicted octanol–water partition coefficient (Wildman–Crippen LogP) is 1.20. The van der Waals surface area contributed by atoms with Gasteiger partial charge in [-0.1, -0.05) is 12.1 Å². The van der Waals surface area contributed by atoms with E-state index in [1.165, 1.54) is 23.5 Å². The number of nitrogen functional groups attached to an aromatic ring is 1. The summed E-state index contributed by atoms with van der Waals surface area (Å²) in [5, 5.41) is 2.15. The zero-order valence-electron chi connectivity index (χ0n) is 8.07. The zero-order chi connectivity index (χ0) is 11.8. The van der Waals surface area contributed by atoms with E-state index in [1.54, 1.807) is 17.5 Å². The van der Waals surface area contributed by atoms with Crippen molar-refractivity contribution in [1.82, 2.24) is 4.98 Å². The van der Waals surface area contributed by atoms with Gasteiger partial charge in [-0.05, 0) is 12.1 Å². The molecule has 0 saturated heterocycles. The summed E-state index contributed by atoms with van der Waals surface area (Å²) in [6.07, 6.45) is 0. The first-order chi connectivity index (χ1) is 7.47. The van der Waals surface area contributed by atoms with Gasteiger partial charge in [0.2, 0.25) is 0 Å². The fourth-order valence-electron chi connectivity index (χ4n) is 1.27. The van der Waals surface area contributed by atoms with E-state index < -0.39 is 7.60 Å². The maximum Gasteiger partial charge on any atom is 0.356 e. The maximum absolute atomic E-state index is 11.1. The van der Waals surface area contributed by atoms with Crippen molar-refractivity contribution in [3.63, 3.8) is 0 Å². The number of hydrogen-bond donors (Lipinski definition) is 3.